The number of halogens is 1. The molecule has 4 bridgehead atoms. The lowest BCUT2D eigenvalue weighted by atomic mass is 9.52. The summed E-state index contributed by atoms with van der Waals surface area (Å²) in [6, 6.07) is 31.6. The second kappa shape index (κ2) is 7.99. The highest BCUT2D eigenvalue weighted by atomic mass is 35.5. The second-order valence-electron chi connectivity index (χ2n) is 10.1. The topological polar surface area (TPSA) is 49.7 Å². The number of nitrogens with zero attached hydrogens (tertiary/aromatic N) is 2. The largest absolute Gasteiger partial charge is 0.274 e. The molecule has 37 heavy (non-hydrogen) atoms. The zero-order valence-electron chi connectivity index (χ0n) is 20.1. The lowest BCUT2D eigenvalue weighted by Gasteiger charge is -2.48. The predicted octanol–water partition coefficient (Wildman–Crippen LogP) is 6.60. The molecule has 0 aromatic heterocycles. The Morgan fingerprint density at radius 1 is 0.865 bits per heavy atom. The fourth-order valence-electron chi connectivity index (χ4n) is 6.68. The molecule has 0 spiro atoms. The smallest absolute Gasteiger partial charge is 0.239 e. The molecule has 1 fully saturated rings. The molecule has 6 aliphatic rings. The first-order valence-corrected chi connectivity index (χ1v) is 12.8. The Morgan fingerprint density at radius 3 is 2.41 bits per heavy atom. The first-order chi connectivity index (χ1) is 18.0. The van der Waals surface area contributed by atoms with E-state index in [1.807, 2.05) is 49.5 Å². The van der Waals surface area contributed by atoms with E-state index in [-0.39, 0.29) is 17.7 Å². The van der Waals surface area contributed by atoms with Gasteiger partial charge in [0.15, 0.2) is 0 Å². The molecule has 5 aliphatic carbocycles. The quantitative estimate of drug-likeness (QED) is 0.234. The van der Waals surface area contributed by atoms with Gasteiger partial charge in [-0.2, -0.15) is 0 Å². The summed E-state index contributed by atoms with van der Waals surface area (Å²) in [5.41, 5.74) is 5.53. The number of hydrogen-bond acceptors (Lipinski definition) is 3. The van der Waals surface area contributed by atoms with Crippen LogP contribution in [0.15, 0.2) is 102 Å². The third-order valence-corrected chi connectivity index (χ3v) is 8.52. The number of carbonyl (C=O) groups is 2. The van der Waals surface area contributed by atoms with Crippen molar-refractivity contribution in [3.05, 3.63) is 130 Å². The van der Waals surface area contributed by atoms with Gasteiger partial charge in [0.25, 0.3) is 0 Å². The number of aryl methyl sites for hydroxylation is 1. The molecule has 180 valence electrons. The molecule has 1 saturated heterocycles. The number of aliphatic imine (C=N–C) groups is 1. The molecule has 0 radical (unpaired) electrons. The highest BCUT2D eigenvalue weighted by Gasteiger charge is 2.65. The molecule has 0 unspecified atom stereocenters. The van der Waals surface area contributed by atoms with Crippen LogP contribution in [-0.4, -0.2) is 18.0 Å². The molecular weight excluding hydrogens is 480 g/mol. The summed E-state index contributed by atoms with van der Waals surface area (Å²) in [4.78, 5) is 34.9. The van der Waals surface area contributed by atoms with Crippen molar-refractivity contribution in [3.8, 4) is 0 Å². The normalized spacial score (nSPS) is 25.4. The third kappa shape index (κ3) is 2.99. The number of amides is 2. The van der Waals surface area contributed by atoms with E-state index in [1.54, 1.807) is 24.3 Å². The number of benzene rings is 4. The average Bonchev–Trinajstić information content (AvgIpc) is 3.15. The van der Waals surface area contributed by atoms with Gasteiger partial charge in [-0.25, -0.2) is 4.90 Å². The zero-order chi connectivity index (χ0) is 25.3. The van der Waals surface area contributed by atoms with E-state index >= 15 is 0 Å². The van der Waals surface area contributed by atoms with Crippen LogP contribution in [-0.2, 0) is 15.0 Å². The molecule has 1 heterocycles. The number of imide groups is 1. The second-order valence-corrected chi connectivity index (χ2v) is 10.5. The van der Waals surface area contributed by atoms with Crippen molar-refractivity contribution in [2.45, 2.75) is 18.3 Å². The summed E-state index contributed by atoms with van der Waals surface area (Å²) >= 11 is 6.53. The zero-order valence-corrected chi connectivity index (χ0v) is 20.9. The van der Waals surface area contributed by atoms with Gasteiger partial charge >= 0.3 is 0 Å². The SMILES string of the molecule is Cc1cccc(N=C[C@@]23c4ccc(cc4)[C@@H](c4ccccc42)[C@@H]2C(=O)N(c4ccccc4Cl)C(=O)[C@@H]23)c1. The van der Waals surface area contributed by atoms with E-state index in [0.717, 1.165) is 33.5 Å². The van der Waals surface area contributed by atoms with Gasteiger partial charge < -0.3 is 0 Å². The van der Waals surface area contributed by atoms with Crippen LogP contribution in [0.4, 0.5) is 11.4 Å². The summed E-state index contributed by atoms with van der Waals surface area (Å²) in [7, 11) is 0. The molecule has 4 atom stereocenters. The van der Waals surface area contributed by atoms with Crippen molar-refractivity contribution in [2.24, 2.45) is 16.8 Å². The van der Waals surface area contributed by atoms with Crippen LogP contribution in [0.25, 0.3) is 0 Å². The Bertz CT molecular complexity index is 1630. The predicted molar refractivity (Wildman–Crippen MR) is 146 cm³/mol. The minimum absolute atomic E-state index is 0.210. The van der Waals surface area contributed by atoms with Gasteiger partial charge in [0.2, 0.25) is 11.8 Å². The molecule has 5 heteroatoms. The fourth-order valence-corrected chi connectivity index (χ4v) is 6.90. The molecule has 1 aliphatic heterocycles. The standard InChI is InChI=1S/C32H23ClN2O2/c1-19-7-6-8-22(17-19)34-18-32-21-15-13-20(14-16-21)27(23-9-2-3-10-24(23)32)28-29(32)31(37)35(30(28)36)26-12-5-4-11-25(26)33/h2-18,27-29H,1H3/t27-,28-,29+,32+/m0/s1. The van der Waals surface area contributed by atoms with Crippen LogP contribution >= 0.6 is 11.6 Å². The van der Waals surface area contributed by atoms with E-state index in [2.05, 4.69) is 36.4 Å². The molecular formula is C32H23ClN2O2. The van der Waals surface area contributed by atoms with Crippen LogP contribution in [0.1, 0.15) is 33.7 Å². The van der Waals surface area contributed by atoms with Gasteiger partial charge in [-0.05, 0) is 59.0 Å². The number of carbonyl (C=O) groups excluding carboxylic acids is 2. The van der Waals surface area contributed by atoms with E-state index in [0.29, 0.717) is 10.7 Å². The first kappa shape index (κ1) is 22.2. The Morgan fingerprint density at radius 2 is 1.62 bits per heavy atom. The minimum atomic E-state index is -0.913. The van der Waals surface area contributed by atoms with Crippen LogP contribution < -0.4 is 4.90 Å². The van der Waals surface area contributed by atoms with Gasteiger partial charge in [-0.1, -0.05) is 84.4 Å². The van der Waals surface area contributed by atoms with E-state index in [1.165, 1.54) is 4.90 Å². The Balaban J connectivity index is 1.53. The lowest BCUT2D eigenvalue weighted by Crippen LogP contribution is -2.51. The highest BCUT2D eigenvalue weighted by molar-refractivity contribution is 6.36. The molecule has 4 aromatic carbocycles. The van der Waals surface area contributed by atoms with Gasteiger partial charge in [-0.3, -0.25) is 14.6 Å². The summed E-state index contributed by atoms with van der Waals surface area (Å²) in [5, 5.41) is 0.380. The number of anilines is 1. The van der Waals surface area contributed by atoms with Crippen molar-refractivity contribution in [3.63, 3.8) is 0 Å². The van der Waals surface area contributed by atoms with Crippen LogP contribution in [0, 0.1) is 18.8 Å². The highest BCUT2D eigenvalue weighted by Crippen LogP contribution is 2.60. The average molecular weight is 503 g/mol. The van der Waals surface area contributed by atoms with E-state index in [9.17, 15) is 9.59 Å². The molecule has 0 N–H and O–H groups in total. The number of rotatable bonds is 3. The molecule has 4 aromatic rings. The summed E-state index contributed by atoms with van der Waals surface area (Å²) in [5.74, 6) is -1.90. The third-order valence-electron chi connectivity index (χ3n) is 8.20. The van der Waals surface area contributed by atoms with Crippen molar-refractivity contribution in [1.82, 2.24) is 0 Å². The number of para-hydroxylation sites is 1. The maximum atomic E-state index is 14.4. The van der Waals surface area contributed by atoms with Gasteiger partial charge in [0.05, 0.1) is 33.6 Å². The van der Waals surface area contributed by atoms with Gasteiger partial charge in [-0.15, -0.1) is 0 Å². The van der Waals surface area contributed by atoms with Crippen LogP contribution in [0.3, 0.4) is 0 Å². The van der Waals surface area contributed by atoms with E-state index < -0.39 is 17.3 Å². The lowest BCUT2D eigenvalue weighted by molar-refractivity contribution is -0.122. The molecule has 10 rings (SSSR count). The summed E-state index contributed by atoms with van der Waals surface area (Å²) in [6.45, 7) is 2.03. The van der Waals surface area contributed by atoms with Crippen molar-refractivity contribution in [2.75, 3.05) is 4.90 Å². The summed E-state index contributed by atoms with van der Waals surface area (Å²) in [6.07, 6.45) is 1.91. The van der Waals surface area contributed by atoms with E-state index in [4.69, 9.17) is 16.6 Å². The maximum absolute atomic E-state index is 14.4. The number of hydrogen-bond donors (Lipinski definition) is 0. The van der Waals surface area contributed by atoms with Crippen molar-refractivity contribution >= 4 is 41.0 Å². The molecule has 2 amide bonds. The Kier molecular flexibility index (Phi) is 4.79. The van der Waals surface area contributed by atoms with Crippen LogP contribution in [0.5, 0.6) is 0 Å². The van der Waals surface area contributed by atoms with Crippen LogP contribution in [0.2, 0.25) is 5.02 Å². The van der Waals surface area contributed by atoms with Gasteiger partial charge in [0.1, 0.15) is 0 Å². The monoisotopic (exact) mass is 502 g/mol. The van der Waals surface area contributed by atoms with Gasteiger partial charge in [0, 0.05) is 12.1 Å². The summed E-state index contributed by atoms with van der Waals surface area (Å²) < 4.78 is 0. The van der Waals surface area contributed by atoms with Crippen molar-refractivity contribution in [1.29, 1.82) is 0 Å². The maximum Gasteiger partial charge on any atom is 0.239 e. The first-order valence-electron chi connectivity index (χ1n) is 12.4. The molecule has 0 saturated carbocycles. The Labute approximate surface area is 220 Å². The Hall–Kier alpha value is -4.02. The fraction of sp³-hybridized carbons (Fsp3) is 0.156. The van der Waals surface area contributed by atoms with Crippen molar-refractivity contribution < 1.29 is 9.59 Å². The molecule has 4 nitrogen and oxygen atoms in total. The minimum Gasteiger partial charge on any atom is -0.274 e.